The fraction of sp³-hybridized carbons (Fsp3) is 0.455. The minimum absolute atomic E-state index is 0.0250. The number of hydrogen-bond acceptors (Lipinski definition) is 4. The molecule has 0 spiro atoms. The summed E-state index contributed by atoms with van der Waals surface area (Å²) in [6.07, 6.45) is -4.34. The van der Waals surface area contributed by atoms with Crippen LogP contribution in [-0.4, -0.2) is 23.9 Å². The molecule has 112 valence electrons. The molecule has 1 aromatic heterocycles. The number of hydrogen-bond donors (Lipinski definition) is 0. The molecule has 0 bridgehead atoms. The molecule has 0 saturated heterocycles. The van der Waals surface area contributed by atoms with Crippen molar-refractivity contribution in [2.24, 2.45) is 0 Å². The van der Waals surface area contributed by atoms with Crippen molar-refractivity contribution in [2.75, 3.05) is 6.61 Å². The molecule has 20 heavy (non-hydrogen) atoms. The molecule has 0 N–H and O–H groups in total. The lowest BCUT2D eigenvalue weighted by Crippen LogP contribution is -2.20. The molecular formula is C11H10F4INO3. The lowest BCUT2D eigenvalue weighted by atomic mass is 10.1. The highest BCUT2D eigenvalue weighted by Crippen LogP contribution is 2.30. The average Bonchev–Trinajstić information content (AvgIpc) is 2.33. The van der Waals surface area contributed by atoms with Crippen LogP contribution in [0.2, 0.25) is 0 Å². The van der Waals surface area contributed by atoms with Gasteiger partial charge in [-0.05, 0) is 35.1 Å². The van der Waals surface area contributed by atoms with Crippen LogP contribution in [0.25, 0.3) is 0 Å². The molecule has 0 aliphatic heterocycles. The number of alkyl halides is 4. The monoisotopic (exact) mass is 407 g/mol. The van der Waals surface area contributed by atoms with Gasteiger partial charge in [-0.15, -0.1) is 13.2 Å². The van der Waals surface area contributed by atoms with Crippen molar-refractivity contribution in [3.63, 3.8) is 0 Å². The van der Waals surface area contributed by atoms with Gasteiger partial charge in [-0.25, -0.2) is 9.37 Å². The highest BCUT2D eigenvalue weighted by Gasteiger charge is 2.33. The van der Waals surface area contributed by atoms with E-state index in [-0.39, 0.29) is 27.7 Å². The predicted molar refractivity (Wildman–Crippen MR) is 68.8 cm³/mol. The second-order valence-corrected chi connectivity index (χ2v) is 4.62. The number of carbonyl (C=O) groups excluding carboxylic acids is 1. The molecule has 0 radical (unpaired) electrons. The van der Waals surface area contributed by atoms with E-state index in [0.717, 1.165) is 6.20 Å². The minimum atomic E-state index is -4.91. The summed E-state index contributed by atoms with van der Waals surface area (Å²) in [7, 11) is 0. The summed E-state index contributed by atoms with van der Waals surface area (Å²) in [6, 6.07) is 0. The van der Waals surface area contributed by atoms with Crippen LogP contribution < -0.4 is 4.74 Å². The van der Waals surface area contributed by atoms with Gasteiger partial charge in [-0.1, -0.05) is 0 Å². The van der Waals surface area contributed by atoms with E-state index in [1.807, 2.05) is 0 Å². The van der Waals surface area contributed by atoms with Gasteiger partial charge in [0.25, 0.3) is 0 Å². The zero-order chi connectivity index (χ0) is 15.3. The van der Waals surface area contributed by atoms with E-state index in [2.05, 4.69) is 9.72 Å². The van der Waals surface area contributed by atoms with E-state index in [1.165, 1.54) is 22.6 Å². The van der Waals surface area contributed by atoms with Crippen molar-refractivity contribution < 1.29 is 31.8 Å². The Morgan fingerprint density at radius 2 is 2.10 bits per heavy atom. The molecule has 0 atom stereocenters. The first-order chi connectivity index (χ1) is 9.28. The second-order valence-electron chi connectivity index (χ2n) is 3.54. The molecule has 4 nitrogen and oxygen atoms in total. The van der Waals surface area contributed by atoms with E-state index in [1.54, 1.807) is 6.92 Å². The van der Waals surface area contributed by atoms with Crippen molar-refractivity contribution in [3.8, 4) is 5.88 Å². The van der Waals surface area contributed by atoms with Gasteiger partial charge in [0.05, 0.1) is 16.6 Å². The Hall–Kier alpha value is -1.13. The van der Waals surface area contributed by atoms with Crippen LogP contribution >= 0.6 is 22.6 Å². The van der Waals surface area contributed by atoms with Crippen LogP contribution in [0, 0.1) is 3.57 Å². The standard InChI is InChI=1S/C11H10F4INO3/c1-2-19-8(18)3-7-6(4-12)5-17-10(9(7)16)20-11(13,14)15/h5H,2-4H2,1H3. The van der Waals surface area contributed by atoms with Crippen molar-refractivity contribution in [1.29, 1.82) is 0 Å². The zero-order valence-corrected chi connectivity index (χ0v) is 12.4. The van der Waals surface area contributed by atoms with Gasteiger partial charge in [-0.2, -0.15) is 0 Å². The van der Waals surface area contributed by atoms with Crippen LogP contribution in [0.1, 0.15) is 18.1 Å². The van der Waals surface area contributed by atoms with Gasteiger partial charge >= 0.3 is 12.3 Å². The van der Waals surface area contributed by atoms with Crippen LogP contribution in [0.3, 0.4) is 0 Å². The molecular weight excluding hydrogens is 397 g/mol. The van der Waals surface area contributed by atoms with Crippen molar-refractivity contribution >= 4 is 28.6 Å². The molecule has 0 unspecified atom stereocenters. The SMILES string of the molecule is CCOC(=O)Cc1c(CF)cnc(OC(F)(F)F)c1I. The lowest BCUT2D eigenvalue weighted by molar-refractivity contribution is -0.276. The number of carbonyl (C=O) groups is 1. The first-order valence-corrected chi connectivity index (χ1v) is 6.50. The minimum Gasteiger partial charge on any atom is -0.466 e. The van der Waals surface area contributed by atoms with Gasteiger partial charge in [0.1, 0.15) is 6.67 Å². The summed E-state index contributed by atoms with van der Waals surface area (Å²) in [6.45, 7) is 0.755. The van der Waals surface area contributed by atoms with Gasteiger partial charge in [0.15, 0.2) is 0 Å². The van der Waals surface area contributed by atoms with Crippen molar-refractivity contribution in [1.82, 2.24) is 4.98 Å². The number of rotatable bonds is 5. The number of aromatic nitrogens is 1. The smallest absolute Gasteiger partial charge is 0.466 e. The first kappa shape index (κ1) is 16.9. The van der Waals surface area contributed by atoms with Crippen LogP contribution in [0.4, 0.5) is 17.6 Å². The molecule has 0 amide bonds. The number of ether oxygens (including phenoxy) is 2. The summed E-state index contributed by atoms with van der Waals surface area (Å²) in [4.78, 5) is 14.8. The molecule has 0 aliphatic rings. The molecule has 9 heteroatoms. The maximum Gasteiger partial charge on any atom is 0.574 e. The maximum atomic E-state index is 12.8. The third-order valence-electron chi connectivity index (χ3n) is 2.16. The number of esters is 1. The Morgan fingerprint density at radius 1 is 1.45 bits per heavy atom. The molecule has 0 aliphatic carbocycles. The summed E-state index contributed by atoms with van der Waals surface area (Å²) in [5.74, 6) is -1.38. The highest BCUT2D eigenvalue weighted by molar-refractivity contribution is 14.1. The summed E-state index contributed by atoms with van der Waals surface area (Å²) < 4.78 is 57.7. The molecule has 0 saturated carbocycles. The summed E-state index contributed by atoms with van der Waals surface area (Å²) >= 11 is 1.53. The Kier molecular flexibility index (Phi) is 5.96. The van der Waals surface area contributed by atoms with Crippen LogP contribution in [0.5, 0.6) is 5.88 Å². The second kappa shape index (κ2) is 7.04. The molecule has 0 aromatic carbocycles. The topological polar surface area (TPSA) is 48.4 Å². The largest absolute Gasteiger partial charge is 0.574 e. The van der Waals surface area contributed by atoms with E-state index in [0.29, 0.717) is 0 Å². The van der Waals surface area contributed by atoms with Crippen molar-refractivity contribution in [2.45, 2.75) is 26.4 Å². The Labute approximate surface area is 125 Å². The van der Waals surface area contributed by atoms with Crippen LogP contribution in [-0.2, 0) is 22.6 Å². The quantitative estimate of drug-likeness (QED) is 0.428. The maximum absolute atomic E-state index is 12.8. The fourth-order valence-corrected chi connectivity index (χ4v) is 2.17. The fourth-order valence-electron chi connectivity index (χ4n) is 1.38. The molecule has 1 rings (SSSR count). The van der Waals surface area contributed by atoms with Gasteiger partial charge in [0, 0.05) is 11.8 Å². The van der Waals surface area contributed by atoms with Gasteiger partial charge < -0.3 is 9.47 Å². The van der Waals surface area contributed by atoms with E-state index in [9.17, 15) is 22.4 Å². The van der Waals surface area contributed by atoms with E-state index < -0.39 is 24.9 Å². The Balaban J connectivity index is 3.12. The normalized spacial score (nSPS) is 11.3. The molecule has 1 aromatic rings. The van der Waals surface area contributed by atoms with Gasteiger partial charge in [-0.3, -0.25) is 4.79 Å². The van der Waals surface area contributed by atoms with E-state index in [4.69, 9.17) is 4.74 Å². The Bertz CT molecular complexity index is 493. The lowest BCUT2D eigenvalue weighted by Gasteiger charge is -2.14. The summed E-state index contributed by atoms with van der Waals surface area (Å²) in [5, 5.41) is 0. The summed E-state index contributed by atoms with van der Waals surface area (Å²) in [5.41, 5.74) is 0.109. The zero-order valence-electron chi connectivity index (χ0n) is 10.3. The van der Waals surface area contributed by atoms with Gasteiger partial charge in [0.2, 0.25) is 5.88 Å². The van der Waals surface area contributed by atoms with Crippen LogP contribution in [0.15, 0.2) is 6.20 Å². The highest BCUT2D eigenvalue weighted by atomic mass is 127. The number of nitrogens with zero attached hydrogens (tertiary/aromatic N) is 1. The third-order valence-corrected chi connectivity index (χ3v) is 3.27. The number of pyridine rings is 1. The number of halogens is 5. The predicted octanol–water partition coefficient (Wildman–Crippen LogP) is 3.16. The van der Waals surface area contributed by atoms with E-state index >= 15 is 0 Å². The van der Waals surface area contributed by atoms with Crippen molar-refractivity contribution in [3.05, 3.63) is 20.9 Å². The first-order valence-electron chi connectivity index (χ1n) is 5.42. The Morgan fingerprint density at radius 3 is 2.60 bits per heavy atom. The molecule has 0 fully saturated rings. The molecule has 1 heterocycles. The average molecular weight is 407 g/mol. The third kappa shape index (κ3) is 4.76.